The minimum atomic E-state index is -0.157. The maximum absolute atomic E-state index is 12.4. The molecule has 0 aliphatic heterocycles. The van der Waals surface area contributed by atoms with Crippen LogP contribution in [-0.4, -0.2) is 39.5 Å². The van der Waals surface area contributed by atoms with E-state index in [1.54, 1.807) is 11.8 Å². The van der Waals surface area contributed by atoms with Crippen LogP contribution in [-0.2, 0) is 5.41 Å². The summed E-state index contributed by atoms with van der Waals surface area (Å²) in [6.07, 6.45) is 0. The summed E-state index contributed by atoms with van der Waals surface area (Å²) in [5.41, 5.74) is 1.90. The number of hydrogen-bond donors (Lipinski definition) is 1. The van der Waals surface area contributed by atoms with E-state index in [0.29, 0.717) is 16.1 Å². The van der Waals surface area contributed by atoms with E-state index in [-0.39, 0.29) is 11.3 Å². The molecule has 5 nitrogen and oxygen atoms in total. The number of nitrogens with zero attached hydrogens (tertiary/aromatic N) is 3. The molecule has 0 fully saturated rings. The average Bonchev–Trinajstić information content (AvgIpc) is 3.02. The summed E-state index contributed by atoms with van der Waals surface area (Å²) in [5.74, 6) is -0.157. The molecule has 26 heavy (non-hydrogen) atoms. The van der Waals surface area contributed by atoms with E-state index in [2.05, 4.69) is 62.0 Å². The fourth-order valence-electron chi connectivity index (χ4n) is 2.56. The van der Waals surface area contributed by atoms with Crippen molar-refractivity contribution in [1.82, 2.24) is 15.1 Å². The van der Waals surface area contributed by atoms with Crippen molar-refractivity contribution in [3.8, 4) is 0 Å². The number of thioether (sulfide) groups is 1. The molecular formula is C19H28N4OS2. The third-order valence-electron chi connectivity index (χ3n) is 4.24. The molecule has 1 heterocycles. The predicted molar refractivity (Wildman–Crippen MR) is 111 cm³/mol. The van der Waals surface area contributed by atoms with Crippen molar-refractivity contribution in [2.75, 3.05) is 18.4 Å². The van der Waals surface area contributed by atoms with Gasteiger partial charge in [0.2, 0.25) is 5.13 Å². The third-order valence-corrected chi connectivity index (χ3v) is 6.33. The quantitative estimate of drug-likeness (QED) is 0.414. The first-order chi connectivity index (χ1) is 12.2. The zero-order valence-corrected chi connectivity index (χ0v) is 18.0. The monoisotopic (exact) mass is 392 g/mol. The SMILES string of the molecule is CCN(CC)C(C)Sc1nnc(NC(=O)c2ccc(C(C)(C)C)cc2)s1. The van der Waals surface area contributed by atoms with Gasteiger partial charge in [-0.2, -0.15) is 0 Å². The third kappa shape index (κ3) is 5.53. The summed E-state index contributed by atoms with van der Waals surface area (Å²) in [6.45, 7) is 14.9. The molecule has 1 unspecified atom stereocenters. The first-order valence-corrected chi connectivity index (χ1v) is 10.6. The Balaban J connectivity index is 1.99. The second-order valence-corrected chi connectivity index (χ2v) is 9.63. The molecule has 1 N–H and O–H groups in total. The van der Waals surface area contributed by atoms with Crippen LogP contribution >= 0.6 is 23.1 Å². The van der Waals surface area contributed by atoms with Gasteiger partial charge in [-0.3, -0.25) is 15.0 Å². The number of benzene rings is 1. The Morgan fingerprint density at radius 3 is 2.35 bits per heavy atom. The van der Waals surface area contributed by atoms with E-state index in [0.717, 1.165) is 17.4 Å². The minimum Gasteiger partial charge on any atom is -0.296 e. The molecule has 142 valence electrons. The lowest BCUT2D eigenvalue weighted by atomic mass is 9.87. The van der Waals surface area contributed by atoms with Gasteiger partial charge < -0.3 is 0 Å². The molecule has 0 aliphatic rings. The van der Waals surface area contributed by atoms with E-state index in [1.165, 1.54) is 16.9 Å². The van der Waals surface area contributed by atoms with Crippen molar-refractivity contribution in [2.45, 2.75) is 56.7 Å². The number of rotatable bonds is 7. The lowest BCUT2D eigenvalue weighted by Crippen LogP contribution is -2.30. The fourth-order valence-corrected chi connectivity index (χ4v) is 4.70. The largest absolute Gasteiger partial charge is 0.296 e. The number of carbonyl (C=O) groups is 1. The van der Waals surface area contributed by atoms with Crippen LogP contribution in [0.5, 0.6) is 0 Å². The van der Waals surface area contributed by atoms with Crippen LogP contribution in [0, 0.1) is 0 Å². The molecule has 1 aromatic carbocycles. The Morgan fingerprint density at radius 2 is 1.81 bits per heavy atom. The molecule has 2 rings (SSSR count). The molecule has 0 radical (unpaired) electrons. The second kappa shape index (κ2) is 8.97. The number of aromatic nitrogens is 2. The topological polar surface area (TPSA) is 58.1 Å². The second-order valence-electron chi connectivity index (χ2n) is 7.09. The number of hydrogen-bond acceptors (Lipinski definition) is 6. The van der Waals surface area contributed by atoms with Gasteiger partial charge >= 0.3 is 0 Å². The Labute approximate surface area is 164 Å². The van der Waals surface area contributed by atoms with Crippen LogP contribution < -0.4 is 5.32 Å². The van der Waals surface area contributed by atoms with Gasteiger partial charge in [0.1, 0.15) is 0 Å². The maximum Gasteiger partial charge on any atom is 0.257 e. The van der Waals surface area contributed by atoms with E-state index in [4.69, 9.17) is 0 Å². The molecule has 1 aromatic heterocycles. The lowest BCUT2D eigenvalue weighted by molar-refractivity contribution is 0.102. The Bertz CT molecular complexity index is 718. The summed E-state index contributed by atoms with van der Waals surface area (Å²) >= 11 is 3.08. The summed E-state index contributed by atoms with van der Waals surface area (Å²) < 4.78 is 0.864. The molecule has 0 saturated carbocycles. The van der Waals surface area contributed by atoms with Crippen LogP contribution in [0.15, 0.2) is 28.6 Å². The number of anilines is 1. The normalized spacial score (nSPS) is 13.0. The molecule has 0 saturated heterocycles. The van der Waals surface area contributed by atoms with Crippen molar-refractivity contribution >= 4 is 34.1 Å². The first kappa shape index (κ1) is 20.9. The summed E-state index contributed by atoms with van der Waals surface area (Å²) in [6, 6.07) is 7.72. The Kier molecular flexibility index (Phi) is 7.20. The highest BCUT2D eigenvalue weighted by Gasteiger charge is 2.17. The van der Waals surface area contributed by atoms with Gasteiger partial charge in [0, 0.05) is 5.56 Å². The van der Waals surface area contributed by atoms with Gasteiger partial charge in [0.15, 0.2) is 4.34 Å². The Hall–Kier alpha value is -1.44. The van der Waals surface area contributed by atoms with Crippen LogP contribution in [0.1, 0.15) is 57.5 Å². The highest BCUT2D eigenvalue weighted by atomic mass is 32.2. The fraction of sp³-hybridized carbons (Fsp3) is 0.526. The first-order valence-electron chi connectivity index (χ1n) is 8.90. The summed E-state index contributed by atoms with van der Waals surface area (Å²) in [5, 5.41) is 12.0. The van der Waals surface area contributed by atoms with Crippen molar-refractivity contribution in [1.29, 1.82) is 0 Å². The van der Waals surface area contributed by atoms with E-state index in [1.807, 2.05) is 24.3 Å². The number of nitrogens with one attached hydrogen (secondary N) is 1. The number of amides is 1. The van der Waals surface area contributed by atoms with Crippen LogP contribution in [0.25, 0.3) is 0 Å². The van der Waals surface area contributed by atoms with Crippen LogP contribution in [0.4, 0.5) is 5.13 Å². The molecule has 0 spiro atoms. The summed E-state index contributed by atoms with van der Waals surface area (Å²) in [7, 11) is 0. The van der Waals surface area contributed by atoms with Crippen molar-refractivity contribution in [3.63, 3.8) is 0 Å². The minimum absolute atomic E-state index is 0.0713. The van der Waals surface area contributed by atoms with Gasteiger partial charge in [-0.15, -0.1) is 10.2 Å². The molecule has 1 atom stereocenters. The lowest BCUT2D eigenvalue weighted by Gasteiger charge is -2.24. The van der Waals surface area contributed by atoms with Gasteiger partial charge in [-0.1, -0.05) is 69.9 Å². The van der Waals surface area contributed by atoms with Gasteiger partial charge in [-0.05, 0) is 43.1 Å². The van der Waals surface area contributed by atoms with Gasteiger partial charge in [0.25, 0.3) is 5.91 Å². The van der Waals surface area contributed by atoms with Crippen LogP contribution in [0.3, 0.4) is 0 Å². The molecule has 2 aromatic rings. The smallest absolute Gasteiger partial charge is 0.257 e. The van der Waals surface area contributed by atoms with E-state index in [9.17, 15) is 4.79 Å². The van der Waals surface area contributed by atoms with Crippen LogP contribution in [0.2, 0.25) is 0 Å². The van der Waals surface area contributed by atoms with Gasteiger partial charge in [-0.25, -0.2) is 0 Å². The molecule has 1 amide bonds. The van der Waals surface area contributed by atoms with E-state index >= 15 is 0 Å². The van der Waals surface area contributed by atoms with Crippen molar-refractivity contribution in [2.24, 2.45) is 0 Å². The standard InChI is InChI=1S/C19H28N4OS2/c1-7-23(8-2)13(3)25-18-22-21-17(26-18)20-16(24)14-9-11-15(12-10-14)19(4,5)6/h9-13H,7-8H2,1-6H3,(H,20,21,24). The highest BCUT2D eigenvalue weighted by Crippen LogP contribution is 2.30. The van der Waals surface area contributed by atoms with Gasteiger partial charge in [0.05, 0.1) is 5.37 Å². The molecule has 0 bridgehead atoms. The predicted octanol–water partition coefficient (Wildman–Crippen LogP) is 4.87. The zero-order chi connectivity index (χ0) is 19.3. The molecule has 0 aliphatic carbocycles. The van der Waals surface area contributed by atoms with Crippen molar-refractivity contribution < 1.29 is 4.79 Å². The van der Waals surface area contributed by atoms with E-state index < -0.39 is 0 Å². The average molecular weight is 393 g/mol. The molecule has 7 heteroatoms. The highest BCUT2D eigenvalue weighted by molar-refractivity contribution is 8.01. The van der Waals surface area contributed by atoms with Crippen molar-refractivity contribution in [3.05, 3.63) is 35.4 Å². The maximum atomic E-state index is 12.4. The Morgan fingerprint density at radius 1 is 1.19 bits per heavy atom. The molecular weight excluding hydrogens is 364 g/mol. The zero-order valence-electron chi connectivity index (χ0n) is 16.4. The summed E-state index contributed by atoms with van der Waals surface area (Å²) in [4.78, 5) is 14.8. The number of carbonyl (C=O) groups excluding carboxylic acids is 1.